The van der Waals surface area contributed by atoms with Crippen LogP contribution >= 0.6 is 0 Å². The van der Waals surface area contributed by atoms with E-state index in [2.05, 4.69) is 5.32 Å². The first kappa shape index (κ1) is 14.8. The summed E-state index contributed by atoms with van der Waals surface area (Å²) in [6.07, 6.45) is -4.22. The molecule has 1 unspecified atom stereocenters. The third-order valence-electron chi connectivity index (χ3n) is 2.82. The smallest absolute Gasteiger partial charge is 0.389 e. The lowest BCUT2D eigenvalue weighted by Crippen LogP contribution is -2.17. The third-order valence-corrected chi connectivity index (χ3v) is 2.82. The average Bonchev–Trinajstić information content (AvgIpc) is 2.34. The monoisotopic (exact) mass is 261 g/mol. The average molecular weight is 261 g/mol. The molecule has 0 radical (unpaired) electrons. The lowest BCUT2D eigenvalue weighted by atomic mass is 10.0. The molecular weight excluding hydrogens is 243 g/mol. The summed E-state index contributed by atoms with van der Waals surface area (Å²) in [7, 11) is 3.33. The molecule has 1 aromatic rings. The van der Waals surface area contributed by atoms with Crippen molar-refractivity contribution in [2.24, 2.45) is 0 Å². The van der Waals surface area contributed by atoms with Gasteiger partial charge in [-0.15, -0.1) is 0 Å². The van der Waals surface area contributed by atoms with Crippen molar-refractivity contribution in [3.63, 3.8) is 0 Å². The molecule has 0 fully saturated rings. The fourth-order valence-electron chi connectivity index (χ4n) is 1.82. The summed E-state index contributed by atoms with van der Waals surface area (Å²) in [5.41, 5.74) is 0.973. The van der Waals surface area contributed by atoms with Gasteiger partial charge in [-0.05, 0) is 37.6 Å². The van der Waals surface area contributed by atoms with E-state index < -0.39 is 12.6 Å². The number of halogens is 3. The van der Waals surface area contributed by atoms with Crippen LogP contribution in [-0.2, 0) is 0 Å². The van der Waals surface area contributed by atoms with E-state index in [1.54, 1.807) is 14.2 Å². The molecule has 0 aliphatic heterocycles. The van der Waals surface area contributed by atoms with Gasteiger partial charge in [-0.1, -0.05) is 12.1 Å². The molecule has 0 aliphatic rings. The first-order valence-corrected chi connectivity index (χ1v) is 5.84. The van der Waals surface area contributed by atoms with Gasteiger partial charge in [0.05, 0.1) is 7.11 Å². The number of alkyl halides is 3. The van der Waals surface area contributed by atoms with Gasteiger partial charge in [0.1, 0.15) is 5.75 Å². The molecule has 1 aromatic carbocycles. The minimum absolute atomic E-state index is 0.0572. The van der Waals surface area contributed by atoms with Gasteiger partial charge in [0.15, 0.2) is 0 Å². The van der Waals surface area contributed by atoms with Crippen LogP contribution in [-0.4, -0.2) is 20.3 Å². The van der Waals surface area contributed by atoms with Crippen molar-refractivity contribution in [3.8, 4) is 5.75 Å². The van der Waals surface area contributed by atoms with Crippen molar-refractivity contribution in [2.75, 3.05) is 14.2 Å². The van der Waals surface area contributed by atoms with Crippen molar-refractivity contribution in [1.29, 1.82) is 0 Å². The normalized spacial score (nSPS) is 13.4. The molecule has 0 saturated heterocycles. The van der Waals surface area contributed by atoms with Crippen LogP contribution in [0.1, 0.15) is 30.9 Å². The summed E-state index contributed by atoms with van der Waals surface area (Å²) in [5, 5.41) is 3.03. The number of benzene rings is 1. The molecule has 102 valence electrons. The predicted octanol–water partition coefficient (Wildman–Crippen LogP) is 3.69. The Morgan fingerprint density at radius 1 is 1.22 bits per heavy atom. The van der Waals surface area contributed by atoms with Crippen LogP contribution in [0.25, 0.3) is 0 Å². The standard InChI is InChI=1S/C13H18F3NO/c1-17-12(4-3-9-13(14,15)16)10-5-7-11(18-2)8-6-10/h5-8,12,17H,3-4,9H2,1-2H3. The maximum atomic E-state index is 12.1. The van der Waals surface area contributed by atoms with Gasteiger partial charge in [-0.3, -0.25) is 0 Å². The van der Waals surface area contributed by atoms with Crippen molar-refractivity contribution >= 4 is 0 Å². The Morgan fingerprint density at radius 3 is 2.28 bits per heavy atom. The second kappa shape index (κ2) is 6.64. The first-order chi connectivity index (χ1) is 8.46. The van der Waals surface area contributed by atoms with Gasteiger partial charge in [0, 0.05) is 12.5 Å². The van der Waals surface area contributed by atoms with Gasteiger partial charge in [0.2, 0.25) is 0 Å². The molecule has 5 heteroatoms. The zero-order chi connectivity index (χ0) is 13.6. The Morgan fingerprint density at radius 2 is 1.83 bits per heavy atom. The van der Waals surface area contributed by atoms with Crippen molar-refractivity contribution in [2.45, 2.75) is 31.5 Å². The molecule has 0 saturated carbocycles. The first-order valence-electron chi connectivity index (χ1n) is 5.84. The Bertz CT molecular complexity index is 348. The summed E-state index contributed by atoms with van der Waals surface area (Å²) in [5.74, 6) is 0.740. The fraction of sp³-hybridized carbons (Fsp3) is 0.538. The minimum Gasteiger partial charge on any atom is -0.497 e. The van der Waals surface area contributed by atoms with Crippen LogP contribution in [0.15, 0.2) is 24.3 Å². The summed E-state index contributed by atoms with van der Waals surface area (Å²) in [4.78, 5) is 0. The van der Waals surface area contributed by atoms with E-state index >= 15 is 0 Å². The second-order valence-corrected chi connectivity index (χ2v) is 4.12. The Kier molecular flexibility index (Phi) is 5.47. The highest BCUT2D eigenvalue weighted by Gasteiger charge is 2.26. The fourth-order valence-corrected chi connectivity index (χ4v) is 1.82. The minimum atomic E-state index is -4.07. The van der Waals surface area contributed by atoms with Crippen LogP contribution < -0.4 is 10.1 Å². The van der Waals surface area contributed by atoms with E-state index in [0.717, 1.165) is 11.3 Å². The Balaban J connectivity index is 2.54. The van der Waals surface area contributed by atoms with E-state index in [1.807, 2.05) is 24.3 Å². The zero-order valence-electron chi connectivity index (χ0n) is 10.6. The van der Waals surface area contributed by atoms with Crippen molar-refractivity contribution in [1.82, 2.24) is 5.32 Å². The van der Waals surface area contributed by atoms with Crippen LogP contribution in [0.5, 0.6) is 5.75 Å². The number of rotatable bonds is 6. The lowest BCUT2D eigenvalue weighted by Gasteiger charge is -2.17. The molecule has 1 N–H and O–H groups in total. The van der Waals surface area contributed by atoms with Crippen molar-refractivity contribution < 1.29 is 17.9 Å². The molecule has 0 bridgehead atoms. The lowest BCUT2D eigenvalue weighted by molar-refractivity contribution is -0.135. The largest absolute Gasteiger partial charge is 0.497 e. The Labute approximate surface area is 105 Å². The molecule has 18 heavy (non-hydrogen) atoms. The van der Waals surface area contributed by atoms with Crippen molar-refractivity contribution in [3.05, 3.63) is 29.8 Å². The third kappa shape index (κ3) is 4.96. The zero-order valence-corrected chi connectivity index (χ0v) is 10.6. The molecule has 0 amide bonds. The van der Waals surface area contributed by atoms with E-state index in [0.29, 0.717) is 6.42 Å². The molecule has 0 aromatic heterocycles. The molecule has 0 heterocycles. The number of hydrogen-bond acceptors (Lipinski definition) is 2. The predicted molar refractivity (Wildman–Crippen MR) is 64.7 cm³/mol. The van der Waals surface area contributed by atoms with Crippen LogP contribution in [0.4, 0.5) is 13.2 Å². The SMILES string of the molecule is CNC(CCCC(F)(F)F)c1ccc(OC)cc1. The van der Waals surface area contributed by atoms with Gasteiger partial charge < -0.3 is 10.1 Å². The maximum absolute atomic E-state index is 12.1. The summed E-state index contributed by atoms with van der Waals surface area (Å²) >= 11 is 0. The molecule has 0 aliphatic carbocycles. The highest BCUT2D eigenvalue weighted by Crippen LogP contribution is 2.26. The maximum Gasteiger partial charge on any atom is 0.389 e. The van der Waals surface area contributed by atoms with E-state index in [4.69, 9.17) is 4.74 Å². The topological polar surface area (TPSA) is 21.3 Å². The van der Waals surface area contributed by atoms with Crippen LogP contribution in [0.3, 0.4) is 0 Å². The molecular formula is C13H18F3NO. The second-order valence-electron chi connectivity index (χ2n) is 4.12. The summed E-state index contributed by atoms with van der Waals surface area (Å²) in [6, 6.07) is 7.30. The molecule has 1 atom stereocenters. The van der Waals surface area contributed by atoms with Gasteiger partial charge >= 0.3 is 6.18 Å². The molecule has 2 nitrogen and oxygen atoms in total. The number of nitrogens with one attached hydrogen (secondary N) is 1. The van der Waals surface area contributed by atoms with Gasteiger partial charge in [-0.25, -0.2) is 0 Å². The van der Waals surface area contributed by atoms with Crippen LogP contribution in [0.2, 0.25) is 0 Å². The quantitative estimate of drug-likeness (QED) is 0.843. The van der Waals surface area contributed by atoms with E-state index in [-0.39, 0.29) is 12.5 Å². The van der Waals surface area contributed by atoms with Gasteiger partial charge in [0.25, 0.3) is 0 Å². The molecule has 0 spiro atoms. The van der Waals surface area contributed by atoms with Gasteiger partial charge in [-0.2, -0.15) is 13.2 Å². The van der Waals surface area contributed by atoms with E-state index in [9.17, 15) is 13.2 Å². The number of hydrogen-bond donors (Lipinski definition) is 1. The number of ether oxygens (including phenoxy) is 1. The molecule has 1 rings (SSSR count). The van der Waals surface area contributed by atoms with Crippen LogP contribution in [0, 0.1) is 0 Å². The number of methoxy groups -OCH3 is 1. The Hall–Kier alpha value is -1.23. The van der Waals surface area contributed by atoms with E-state index in [1.165, 1.54) is 0 Å². The highest BCUT2D eigenvalue weighted by molar-refractivity contribution is 5.29. The summed E-state index contributed by atoms with van der Waals surface area (Å²) in [6.45, 7) is 0. The summed E-state index contributed by atoms with van der Waals surface area (Å²) < 4.78 is 41.3. The highest BCUT2D eigenvalue weighted by atomic mass is 19.4.